The van der Waals surface area contributed by atoms with E-state index in [-0.39, 0.29) is 35.4 Å². The Morgan fingerprint density at radius 2 is 1.89 bits per heavy atom. The van der Waals surface area contributed by atoms with Gasteiger partial charge in [-0.3, -0.25) is 4.79 Å². The summed E-state index contributed by atoms with van der Waals surface area (Å²) in [5, 5.41) is 22.2. The van der Waals surface area contributed by atoms with Gasteiger partial charge in [0.25, 0.3) is 0 Å². The molecule has 4 rings (SSSR count). The van der Waals surface area contributed by atoms with Gasteiger partial charge in [-0.15, -0.1) is 6.42 Å². The molecule has 3 saturated carbocycles. The molecule has 154 valence electrons. The first-order valence-electron chi connectivity index (χ1n) is 10.5. The molecule has 0 bridgehead atoms. The minimum Gasteiger partial charge on any atom is -0.455 e. The number of carbonyl (C=O) groups excluding carboxylic acids is 1. The van der Waals surface area contributed by atoms with Crippen molar-refractivity contribution >= 4 is 5.97 Å². The van der Waals surface area contributed by atoms with Gasteiger partial charge in [0.2, 0.25) is 0 Å². The molecule has 4 aliphatic carbocycles. The summed E-state index contributed by atoms with van der Waals surface area (Å²) >= 11 is 0. The van der Waals surface area contributed by atoms with Crippen molar-refractivity contribution < 1.29 is 24.1 Å². The fourth-order valence-electron chi connectivity index (χ4n) is 7.30. The first-order chi connectivity index (χ1) is 13.1. The van der Waals surface area contributed by atoms with E-state index in [1.54, 1.807) is 0 Å². The van der Waals surface area contributed by atoms with Crippen LogP contribution in [0.2, 0.25) is 0 Å². The molecule has 4 nitrogen and oxygen atoms in total. The zero-order valence-electron chi connectivity index (χ0n) is 17.0. The predicted molar refractivity (Wildman–Crippen MR) is 102 cm³/mol. The number of halogens is 1. The van der Waals surface area contributed by atoms with Gasteiger partial charge >= 0.3 is 5.97 Å². The van der Waals surface area contributed by atoms with Crippen molar-refractivity contribution in [2.75, 3.05) is 0 Å². The molecule has 8 atom stereocenters. The standard InChI is InChI=1S/C23H31FO4/c1-5-23(27)11-7-15-19-14(6-10-22(15,23)4)21(3)9-8-18(28-13(2)25)20(24)16(21)12-17(19)26/h1,14-15,17-19,26-27H,6-12H2,2-4H3/t14-,15-,17-,18-,19+,21+,22-,23-/m0/s1. The summed E-state index contributed by atoms with van der Waals surface area (Å²) in [7, 11) is 0. The molecule has 3 fully saturated rings. The summed E-state index contributed by atoms with van der Waals surface area (Å²) in [6, 6.07) is 0. The van der Waals surface area contributed by atoms with Gasteiger partial charge in [0.15, 0.2) is 6.10 Å². The molecule has 0 amide bonds. The molecule has 0 unspecified atom stereocenters. The molecular formula is C23H31FO4. The normalized spacial score (nSPS) is 50.2. The quantitative estimate of drug-likeness (QED) is 0.531. The van der Waals surface area contributed by atoms with Gasteiger partial charge in [0.05, 0.1) is 6.10 Å². The lowest BCUT2D eigenvalue weighted by Crippen LogP contribution is -2.58. The summed E-state index contributed by atoms with van der Waals surface area (Å²) < 4.78 is 20.5. The fraction of sp³-hybridized carbons (Fsp3) is 0.783. The van der Waals surface area contributed by atoms with E-state index in [1.165, 1.54) is 6.92 Å². The first kappa shape index (κ1) is 19.9. The molecule has 2 N–H and O–H groups in total. The van der Waals surface area contributed by atoms with Crippen LogP contribution in [0.3, 0.4) is 0 Å². The van der Waals surface area contributed by atoms with Gasteiger partial charge in [-0.25, -0.2) is 4.39 Å². The summed E-state index contributed by atoms with van der Waals surface area (Å²) in [5.74, 6) is 2.09. The Balaban J connectivity index is 1.71. The van der Waals surface area contributed by atoms with Gasteiger partial charge in [-0.1, -0.05) is 19.8 Å². The van der Waals surface area contributed by atoms with Gasteiger partial charge in [0, 0.05) is 12.3 Å². The van der Waals surface area contributed by atoms with Crippen molar-refractivity contribution in [1.29, 1.82) is 0 Å². The van der Waals surface area contributed by atoms with E-state index < -0.39 is 29.2 Å². The Labute approximate surface area is 166 Å². The van der Waals surface area contributed by atoms with Gasteiger partial charge < -0.3 is 14.9 Å². The lowest BCUT2D eigenvalue weighted by Gasteiger charge is -2.60. The van der Waals surface area contributed by atoms with Crippen LogP contribution in [0, 0.1) is 40.9 Å². The van der Waals surface area contributed by atoms with Crippen LogP contribution in [0.5, 0.6) is 0 Å². The van der Waals surface area contributed by atoms with Crippen LogP contribution in [0.1, 0.15) is 65.7 Å². The smallest absolute Gasteiger partial charge is 0.303 e. The minimum atomic E-state index is -1.13. The molecule has 0 aliphatic heterocycles. The first-order valence-corrected chi connectivity index (χ1v) is 10.5. The minimum absolute atomic E-state index is 0.00736. The van der Waals surface area contributed by atoms with Crippen LogP contribution in [-0.2, 0) is 9.53 Å². The van der Waals surface area contributed by atoms with Crippen LogP contribution in [-0.4, -0.2) is 34.0 Å². The number of aliphatic hydroxyl groups excluding tert-OH is 1. The summed E-state index contributed by atoms with van der Waals surface area (Å²) in [6.45, 7) is 5.48. The van der Waals surface area contributed by atoms with Crippen LogP contribution < -0.4 is 0 Å². The predicted octanol–water partition coefficient (Wildman–Crippen LogP) is 3.51. The number of aliphatic hydroxyl groups is 2. The largest absolute Gasteiger partial charge is 0.455 e. The Morgan fingerprint density at radius 1 is 1.21 bits per heavy atom. The summed E-state index contributed by atoms with van der Waals surface area (Å²) in [4.78, 5) is 11.3. The molecule has 0 aromatic rings. The fourth-order valence-corrected chi connectivity index (χ4v) is 7.30. The highest BCUT2D eigenvalue weighted by molar-refractivity contribution is 5.66. The average Bonchev–Trinajstić information content (AvgIpc) is 2.91. The highest BCUT2D eigenvalue weighted by Crippen LogP contribution is 2.68. The Hall–Kier alpha value is -1.38. The van der Waals surface area contributed by atoms with E-state index in [1.807, 2.05) is 0 Å². The number of carbonyl (C=O) groups is 1. The van der Waals surface area contributed by atoms with Crippen molar-refractivity contribution in [3.05, 3.63) is 11.4 Å². The topological polar surface area (TPSA) is 66.8 Å². The van der Waals surface area contributed by atoms with E-state index in [2.05, 4.69) is 19.8 Å². The number of ether oxygens (including phenoxy) is 1. The summed E-state index contributed by atoms with van der Waals surface area (Å²) in [5.41, 5.74) is -1.25. The third-order valence-corrected chi connectivity index (χ3v) is 8.89. The maximum atomic E-state index is 15.3. The van der Waals surface area contributed by atoms with Crippen molar-refractivity contribution in [3.63, 3.8) is 0 Å². The van der Waals surface area contributed by atoms with E-state index in [0.29, 0.717) is 18.4 Å². The second-order valence-corrected chi connectivity index (χ2v) is 9.94. The van der Waals surface area contributed by atoms with Gasteiger partial charge in [-0.2, -0.15) is 0 Å². The maximum Gasteiger partial charge on any atom is 0.303 e. The van der Waals surface area contributed by atoms with Crippen LogP contribution in [0.25, 0.3) is 0 Å². The molecule has 0 aromatic carbocycles. The van der Waals surface area contributed by atoms with E-state index >= 15 is 4.39 Å². The Bertz CT molecular complexity index is 769. The second kappa shape index (κ2) is 6.31. The lowest BCUT2D eigenvalue weighted by molar-refractivity contribution is -0.151. The molecular weight excluding hydrogens is 359 g/mol. The second-order valence-electron chi connectivity index (χ2n) is 9.94. The Morgan fingerprint density at radius 3 is 2.54 bits per heavy atom. The number of hydrogen-bond acceptors (Lipinski definition) is 4. The van der Waals surface area contributed by atoms with Crippen molar-refractivity contribution in [3.8, 4) is 12.3 Å². The SMILES string of the molecule is C#C[C@]1(O)CC[C@H]2[C@@H]3[C@@H](O)CC4=C(F)[C@@H](OC(C)=O)CC[C@]4(C)[C@H]3CC[C@@]21C. The van der Waals surface area contributed by atoms with Crippen LogP contribution in [0.4, 0.5) is 4.39 Å². The summed E-state index contributed by atoms with van der Waals surface area (Å²) in [6.07, 6.45) is 8.64. The number of esters is 1. The van der Waals surface area contributed by atoms with Gasteiger partial charge in [-0.05, 0) is 73.7 Å². The molecule has 0 saturated heterocycles. The highest BCUT2D eigenvalue weighted by atomic mass is 19.1. The lowest BCUT2D eigenvalue weighted by atomic mass is 9.45. The molecule has 0 radical (unpaired) electrons. The zero-order valence-corrected chi connectivity index (χ0v) is 17.0. The molecule has 28 heavy (non-hydrogen) atoms. The molecule has 0 spiro atoms. The maximum absolute atomic E-state index is 15.3. The van der Waals surface area contributed by atoms with Crippen LogP contribution in [0.15, 0.2) is 11.4 Å². The molecule has 0 heterocycles. The van der Waals surface area contributed by atoms with Crippen LogP contribution >= 0.6 is 0 Å². The van der Waals surface area contributed by atoms with E-state index in [4.69, 9.17) is 11.2 Å². The van der Waals surface area contributed by atoms with Crippen molar-refractivity contribution in [2.24, 2.45) is 28.6 Å². The molecule has 4 aliphatic rings. The number of rotatable bonds is 1. The monoisotopic (exact) mass is 390 g/mol. The van der Waals surface area contributed by atoms with Crippen molar-refractivity contribution in [2.45, 2.75) is 83.5 Å². The molecule has 0 aromatic heterocycles. The number of hydrogen-bond donors (Lipinski definition) is 2. The zero-order chi connectivity index (χ0) is 20.5. The highest BCUT2D eigenvalue weighted by Gasteiger charge is 2.65. The number of fused-ring (bicyclic) bond motifs is 5. The third-order valence-electron chi connectivity index (χ3n) is 8.89. The average molecular weight is 390 g/mol. The third kappa shape index (κ3) is 2.47. The Kier molecular flexibility index (Phi) is 4.49. The number of terminal acetylenes is 1. The van der Waals surface area contributed by atoms with E-state index in [0.717, 1.165) is 25.7 Å². The van der Waals surface area contributed by atoms with Gasteiger partial charge in [0.1, 0.15) is 11.4 Å². The van der Waals surface area contributed by atoms with E-state index in [9.17, 15) is 15.0 Å². The van der Waals surface area contributed by atoms with Crippen molar-refractivity contribution in [1.82, 2.24) is 0 Å². The molecule has 5 heteroatoms.